The predicted octanol–water partition coefficient (Wildman–Crippen LogP) is 3.68. The number of ether oxygens (including phenoxy) is 2. The van der Waals surface area contributed by atoms with E-state index in [2.05, 4.69) is 10.4 Å². The van der Waals surface area contributed by atoms with Crippen LogP contribution in [0.2, 0.25) is 0 Å². The summed E-state index contributed by atoms with van der Waals surface area (Å²) in [6.07, 6.45) is 2.77. The third-order valence-electron chi connectivity index (χ3n) is 4.84. The van der Waals surface area contributed by atoms with Gasteiger partial charge in [0, 0.05) is 0 Å². The number of hydrogen-bond acceptors (Lipinski definition) is 5. The van der Waals surface area contributed by atoms with E-state index in [1.54, 1.807) is 25.3 Å². The van der Waals surface area contributed by atoms with Crippen LogP contribution in [0.15, 0.2) is 53.6 Å². The largest absolute Gasteiger partial charge is 0.493 e. The fourth-order valence-corrected chi connectivity index (χ4v) is 3.25. The van der Waals surface area contributed by atoms with Crippen molar-refractivity contribution in [3.8, 4) is 11.5 Å². The smallest absolute Gasteiger partial charge is 0.346 e. The lowest BCUT2D eigenvalue weighted by atomic mass is 9.87. The molecule has 0 unspecified atom stereocenters. The SMILES string of the molecule is CCCOc1ccc(/C=N\N2C(=O)N[C@@](CC)(c3ccccc3)C2=O)cc1OC. The molecule has 152 valence electrons. The molecule has 1 saturated heterocycles. The summed E-state index contributed by atoms with van der Waals surface area (Å²) in [4.78, 5) is 25.6. The number of hydrazone groups is 1. The summed E-state index contributed by atoms with van der Waals surface area (Å²) >= 11 is 0. The van der Waals surface area contributed by atoms with Crippen molar-refractivity contribution in [2.24, 2.45) is 5.10 Å². The van der Waals surface area contributed by atoms with E-state index in [4.69, 9.17) is 9.47 Å². The number of imide groups is 1. The van der Waals surface area contributed by atoms with E-state index >= 15 is 0 Å². The van der Waals surface area contributed by atoms with Gasteiger partial charge in [0.05, 0.1) is 19.9 Å². The Kier molecular flexibility index (Phi) is 6.16. The summed E-state index contributed by atoms with van der Waals surface area (Å²) < 4.78 is 11.0. The van der Waals surface area contributed by atoms with Crippen LogP contribution in [0.3, 0.4) is 0 Å². The molecule has 29 heavy (non-hydrogen) atoms. The molecule has 7 nitrogen and oxygen atoms in total. The minimum atomic E-state index is -1.11. The first-order valence-electron chi connectivity index (χ1n) is 9.62. The molecule has 3 rings (SSSR count). The predicted molar refractivity (Wildman–Crippen MR) is 110 cm³/mol. The summed E-state index contributed by atoms with van der Waals surface area (Å²) in [7, 11) is 1.56. The molecule has 1 aliphatic heterocycles. The molecular weight excluding hydrogens is 370 g/mol. The first-order valence-corrected chi connectivity index (χ1v) is 9.62. The van der Waals surface area contributed by atoms with Crippen LogP contribution in [0.4, 0.5) is 4.79 Å². The van der Waals surface area contributed by atoms with Crippen LogP contribution in [0, 0.1) is 0 Å². The third kappa shape index (κ3) is 3.94. The Bertz CT molecular complexity index is 914. The van der Waals surface area contributed by atoms with Crippen molar-refractivity contribution >= 4 is 18.2 Å². The van der Waals surface area contributed by atoms with Crippen molar-refractivity contribution in [2.45, 2.75) is 32.2 Å². The van der Waals surface area contributed by atoms with Gasteiger partial charge < -0.3 is 14.8 Å². The number of nitrogens with one attached hydrogen (secondary N) is 1. The number of nitrogens with zero attached hydrogens (tertiary/aromatic N) is 2. The molecule has 2 aromatic carbocycles. The molecule has 7 heteroatoms. The Morgan fingerprint density at radius 3 is 2.52 bits per heavy atom. The van der Waals surface area contributed by atoms with E-state index in [1.165, 1.54) is 6.21 Å². The highest BCUT2D eigenvalue weighted by molar-refractivity contribution is 6.07. The van der Waals surface area contributed by atoms with Crippen molar-refractivity contribution in [3.05, 3.63) is 59.7 Å². The lowest BCUT2D eigenvalue weighted by Gasteiger charge is -2.24. The van der Waals surface area contributed by atoms with Gasteiger partial charge in [-0.25, -0.2) is 4.79 Å². The van der Waals surface area contributed by atoms with Crippen LogP contribution in [0.1, 0.15) is 37.8 Å². The van der Waals surface area contributed by atoms with Gasteiger partial charge in [0.1, 0.15) is 5.54 Å². The average Bonchev–Trinajstić information content (AvgIpc) is 3.01. The van der Waals surface area contributed by atoms with Crippen LogP contribution in [-0.2, 0) is 10.3 Å². The highest BCUT2D eigenvalue weighted by atomic mass is 16.5. The molecule has 1 atom stereocenters. The number of hydrogen-bond donors (Lipinski definition) is 1. The second kappa shape index (κ2) is 8.77. The van der Waals surface area contributed by atoms with Gasteiger partial charge in [0.25, 0.3) is 5.91 Å². The molecule has 0 radical (unpaired) electrons. The Morgan fingerprint density at radius 1 is 1.10 bits per heavy atom. The maximum Gasteiger partial charge on any atom is 0.346 e. The number of carbonyl (C=O) groups is 2. The zero-order valence-corrected chi connectivity index (χ0v) is 16.8. The van der Waals surface area contributed by atoms with Gasteiger partial charge in [-0.2, -0.15) is 5.10 Å². The van der Waals surface area contributed by atoms with E-state index in [1.807, 2.05) is 44.2 Å². The van der Waals surface area contributed by atoms with Crippen LogP contribution < -0.4 is 14.8 Å². The highest BCUT2D eigenvalue weighted by Gasteiger charge is 2.51. The van der Waals surface area contributed by atoms with Crippen molar-refractivity contribution in [3.63, 3.8) is 0 Å². The molecule has 0 aliphatic carbocycles. The number of urea groups is 1. The number of benzene rings is 2. The quantitative estimate of drug-likeness (QED) is 0.546. The maximum absolute atomic E-state index is 13.1. The van der Waals surface area contributed by atoms with E-state index in [0.29, 0.717) is 30.1 Å². The zero-order valence-electron chi connectivity index (χ0n) is 16.8. The molecule has 3 amide bonds. The van der Waals surface area contributed by atoms with Gasteiger partial charge in [-0.05, 0) is 42.2 Å². The van der Waals surface area contributed by atoms with Gasteiger partial charge >= 0.3 is 6.03 Å². The summed E-state index contributed by atoms with van der Waals surface area (Å²) in [5.74, 6) is 0.796. The fourth-order valence-electron chi connectivity index (χ4n) is 3.25. The minimum Gasteiger partial charge on any atom is -0.493 e. The van der Waals surface area contributed by atoms with Crippen LogP contribution in [0.5, 0.6) is 11.5 Å². The third-order valence-corrected chi connectivity index (χ3v) is 4.84. The molecule has 1 heterocycles. The highest BCUT2D eigenvalue weighted by Crippen LogP contribution is 2.32. The minimum absolute atomic E-state index is 0.401. The Balaban J connectivity index is 1.84. The van der Waals surface area contributed by atoms with Crippen molar-refractivity contribution in [1.29, 1.82) is 0 Å². The number of rotatable bonds is 8. The number of carbonyl (C=O) groups excluding carboxylic acids is 2. The maximum atomic E-state index is 13.1. The van der Waals surface area contributed by atoms with Crippen LogP contribution >= 0.6 is 0 Å². The Labute approximate surface area is 170 Å². The van der Waals surface area contributed by atoms with Gasteiger partial charge in [-0.15, -0.1) is 5.01 Å². The van der Waals surface area contributed by atoms with Gasteiger partial charge in [-0.1, -0.05) is 44.2 Å². The van der Waals surface area contributed by atoms with Crippen molar-refractivity contribution in [2.75, 3.05) is 13.7 Å². The molecule has 0 spiro atoms. The van der Waals surface area contributed by atoms with E-state index in [-0.39, 0.29) is 0 Å². The fraction of sp³-hybridized carbons (Fsp3) is 0.318. The summed E-state index contributed by atoms with van der Waals surface area (Å²) in [6, 6.07) is 14.0. The molecular formula is C22H25N3O4. The zero-order chi connectivity index (χ0) is 20.9. The second-order valence-electron chi connectivity index (χ2n) is 6.68. The lowest BCUT2D eigenvalue weighted by molar-refractivity contribution is -0.131. The molecule has 1 aliphatic rings. The Morgan fingerprint density at radius 2 is 1.86 bits per heavy atom. The normalized spacial score (nSPS) is 18.9. The first-order chi connectivity index (χ1) is 14.1. The summed E-state index contributed by atoms with van der Waals surface area (Å²) in [5, 5.41) is 7.82. The number of amides is 3. The molecule has 0 saturated carbocycles. The van der Waals surface area contributed by atoms with E-state index in [9.17, 15) is 9.59 Å². The van der Waals surface area contributed by atoms with Crippen molar-refractivity contribution in [1.82, 2.24) is 10.3 Å². The molecule has 0 aromatic heterocycles. The monoisotopic (exact) mass is 395 g/mol. The lowest BCUT2D eigenvalue weighted by Crippen LogP contribution is -2.43. The Hall–Kier alpha value is -3.35. The van der Waals surface area contributed by atoms with Crippen LogP contribution in [0.25, 0.3) is 0 Å². The topological polar surface area (TPSA) is 80.2 Å². The van der Waals surface area contributed by atoms with Gasteiger partial charge in [-0.3, -0.25) is 4.79 Å². The molecule has 0 bridgehead atoms. The standard InChI is InChI=1S/C22H25N3O4/c1-4-13-29-18-12-11-16(14-19(18)28-3)15-23-25-20(26)22(5-2,24-21(25)27)17-9-7-6-8-10-17/h6-12,14-15H,4-5,13H2,1-3H3,(H,24,27)/b23-15-/t22-/m0/s1. The van der Waals surface area contributed by atoms with Gasteiger partial charge in [0.15, 0.2) is 11.5 Å². The van der Waals surface area contributed by atoms with E-state index in [0.717, 1.165) is 17.0 Å². The van der Waals surface area contributed by atoms with Gasteiger partial charge in [0.2, 0.25) is 0 Å². The average molecular weight is 395 g/mol. The molecule has 1 N–H and O–H groups in total. The molecule has 1 fully saturated rings. The van der Waals surface area contributed by atoms with E-state index < -0.39 is 17.5 Å². The molecule has 2 aromatic rings. The van der Waals surface area contributed by atoms with Crippen molar-refractivity contribution < 1.29 is 19.1 Å². The summed E-state index contributed by atoms with van der Waals surface area (Å²) in [5.41, 5.74) is 0.309. The van der Waals surface area contributed by atoms with Crippen LogP contribution in [-0.4, -0.2) is 36.9 Å². The number of methoxy groups -OCH3 is 1. The first kappa shape index (κ1) is 20.4. The summed E-state index contributed by atoms with van der Waals surface area (Å²) in [6.45, 7) is 4.47. The second-order valence-corrected chi connectivity index (χ2v) is 6.68.